The van der Waals surface area contributed by atoms with E-state index in [9.17, 15) is 0 Å². The highest BCUT2D eigenvalue weighted by Crippen LogP contribution is 2.12. The first-order chi connectivity index (χ1) is 5.47. The first-order valence-corrected chi connectivity index (χ1v) is 3.22. The van der Waals surface area contributed by atoms with Gasteiger partial charge in [0.15, 0.2) is 5.82 Å². The van der Waals surface area contributed by atoms with E-state index in [2.05, 4.69) is 20.5 Å². The van der Waals surface area contributed by atoms with Crippen LogP contribution < -0.4 is 5.43 Å². The second kappa shape index (κ2) is 2.49. The molecular formula is C7H6N4. The molecule has 0 spiro atoms. The number of rotatable bonds is 0. The van der Waals surface area contributed by atoms with Crippen LogP contribution in [0, 0.1) is 0 Å². The number of hydrogen-bond acceptors (Lipinski definition) is 4. The van der Waals surface area contributed by atoms with Gasteiger partial charge in [-0.05, 0) is 12.2 Å². The maximum absolute atomic E-state index is 3.99. The lowest BCUT2D eigenvalue weighted by atomic mass is 10.3. The van der Waals surface area contributed by atoms with Gasteiger partial charge in [-0.15, -0.1) is 0 Å². The monoisotopic (exact) mass is 146 g/mol. The molecule has 0 aromatic carbocycles. The average molecular weight is 146 g/mol. The third-order valence-electron chi connectivity index (χ3n) is 1.35. The molecule has 0 fully saturated rings. The summed E-state index contributed by atoms with van der Waals surface area (Å²) < 4.78 is 0. The smallest absolute Gasteiger partial charge is 0.156 e. The van der Waals surface area contributed by atoms with Crippen molar-refractivity contribution < 1.29 is 0 Å². The standard InChI is InChI=1S/C7H6N4/c1-2-6-4-8-5-9-7(6)11-10-3-1/h1-5H,(H,8,9,11). The molecule has 1 aliphatic rings. The summed E-state index contributed by atoms with van der Waals surface area (Å²) in [6.07, 6.45) is 8.63. The van der Waals surface area contributed by atoms with Crippen molar-refractivity contribution in [2.45, 2.75) is 0 Å². The van der Waals surface area contributed by atoms with Crippen LogP contribution in [0.5, 0.6) is 0 Å². The fraction of sp³-hybridized carbons (Fsp3) is 0. The normalized spacial score (nSPS) is 13.5. The van der Waals surface area contributed by atoms with E-state index in [4.69, 9.17) is 0 Å². The summed E-state index contributed by atoms with van der Waals surface area (Å²) in [5.41, 5.74) is 3.73. The summed E-state index contributed by atoms with van der Waals surface area (Å²) in [5.74, 6) is 0.741. The van der Waals surface area contributed by atoms with Crippen LogP contribution in [-0.4, -0.2) is 16.2 Å². The number of anilines is 1. The van der Waals surface area contributed by atoms with Gasteiger partial charge in [-0.1, -0.05) is 0 Å². The number of fused-ring (bicyclic) bond motifs is 1. The van der Waals surface area contributed by atoms with Gasteiger partial charge in [-0.2, -0.15) is 5.10 Å². The van der Waals surface area contributed by atoms with Gasteiger partial charge in [0.05, 0.1) is 0 Å². The number of hydrazone groups is 1. The van der Waals surface area contributed by atoms with Crippen LogP contribution in [0.1, 0.15) is 5.56 Å². The van der Waals surface area contributed by atoms with Crippen LogP contribution in [0.4, 0.5) is 5.82 Å². The molecule has 0 amide bonds. The number of aromatic nitrogens is 2. The lowest BCUT2D eigenvalue weighted by Crippen LogP contribution is -1.93. The van der Waals surface area contributed by atoms with E-state index in [-0.39, 0.29) is 0 Å². The minimum absolute atomic E-state index is 0.741. The van der Waals surface area contributed by atoms with E-state index in [1.807, 2.05) is 12.2 Å². The molecule has 0 saturated carbocycles. The lowest BCUT2D eigenvalue weighted by molar-refractivity contribution is 1.13. The fourth-order valence-electron chi connectivity index (χ4n) is 0.844. The van der Waals surface area contributed by atoms with Gasteiger partial charge in [-0.3, -0.25) is 5.43 Å². The molecular weight excluding hydrogens is 140 g/mol. The second-order valence-corrected chi connectivity index (χ2v) is 2.08. The van der Waals surface area contributed by atoms with Crippen molar-refractivity contribution >= 4 is 18.1 Å². The predicted octanol–water partition coefficient (Wildman–Crippen LogP) is 0.901. The zero-order valence-corrected chi connectivity index (χ0v) is 5.73. The van der Waals surface area contributed by atoms with Crippen molar-refractivity contribution in [2.75, 3.05) is 5.43 Å². The minimum atomic E-state index is 0.741. The molecule has 0 unspecified atom stereocenters. The maximum atomic E-state index is 3.99. The average Bonchev–Trinajstić information content (AvgIpc) is 2.28. The highest BCUT2D eigenvalue weighted by molar-refractivity contribution is 5.82. The lowest BCUT2D eigenvalue weighted by Gasteiger charge is -1.98. The Morgan fingerprint density at radius 1 is 1.36 bits per heavy atom. The van der Waals surface area contributed by atoms with Crippen LogP contribution >= 0.6 is 0 Å². The fourth-order valence-corrected chi connectivity index (χ4v) is 0.844. The molecule has 1 aromatic heterocycles. The Hall–Kier alpha value is -1.71. The summed E-state index contributed by atoms with van der Waals surface area (Å²) in [6, 6.07) is 0. The van der Waals surface area contributed by atoms with Gasteiger partial charge >= 0.3 is 0 Å². The van der Waals surface area contributed by atoms with Crippen LogP contribution in [0.2, 0.25) is 0 Å². The number of nitrogens with one attached hydrogen (secondary N) is 1. The van der Waals surface area contributed by atoms with Gasteiger partial charge < -0.3 is 0 Å². The zero-order chi connectivity index (χ0) is 7.52. The van der Waals surface area contributed by atoms with Crippen molar-refractivity contribution in [1.82, 2.24) is 9.97 Å². The molecule has 54 valence electrons. The summed E-state index contributed by atoms with van der Waals surface area (Å²) >= 11 is 0. The van der Waals surface area contributed by atoms with Crippen LogP contribution in [0.3, 0.4) is 0 Å². The topological polar surface area (TPSA) is 50.2 Å². The molecule has 0 aliphatic carbocycles. The molecule has 11 heavy (non-hydrogen) atoms. The Labute approximate surface area is 63.7 Å². The van der Waals surface area contributed by atoms with Gasteiger partial charge in [0.1, 0.15) is 6.33 Å². The van der Waals surface area contributed by atoms with E-state index < -0.39 is 0 Å². The molecule has 0 bridgehead atoms. The molecule has 1 aliphatic heterocycles. The number of nitrogens with zero attached hydrogens (tertiary/aromatic N) is 3. The van der Waals surface area contributed by atoms with Crippen molar-refractivity contribution in [1.29, 1.82) is 0 Å². The summed E-state index contributed by atoms with van der Waals surface area (Å²) in [4.78, 5) is 7.87. The zero-order valence-electron chi connectivity index (χ0n) is 5.73. The quantitative estimate of drug-likeness (QED) is 0.591. The molecule has 4 nitrogen and oxygen atoms in total. The third kappa shape index (κ3) is 1.10. The van der Waals surface area contributed by atoms with Crippen molar-refractivity contribution in [2.24, 2.45) is 5.10 Å². The summed E-state index contributed by atoms with van der Waals surface area (Å²) in [5, 5.41) is 3.86. The van der Waals surface area contributed by atoms with E-state index in [0.29, 0.717) is 0 Å². The SMILES string of the molecule is C1=Cc2cncnc2NN=C1. The maximum Gasteiger partial charge on any atom is 0.156 e. The van der Waals surface area contributed by atoms with E-state index in [0.717, 1.165) is 11.4 Å². The Bertz CT molecular complexity index is 316. The van der Waals surface area contributed by atoms with Gasteiger partial charge in [0, 0.05) is 18.0 Å². The molecule has 0 saturated heterocycles. The van der Waals surface area contributed by atoms with Gasteiger partial charge in [0.2, 0.25) is 0 Å². The van der Waals surface area contributed by atoms with E-state index in [1.165, 1.54) is 6.33 Å². The highest BCUT2D eigenvalue weighted by atomic mass is 15.3. The third-order valence-corrected chi connectivity index (χ3v) is 1.35. The number of hydrogen-bond donors (Lipinski definition) is 1. The minimum Gasteiger partial charge on any atom is -0.261 e. The molecule has 2 rings (SSSR count). The van der Waals surface area contributed by atoms with E-state index >= 15 is 0 Å². The summed E-state index contributed by atoms with van der Waals surface area (Å²) in [6.45, 7) is 0. The second-order valence-electron chi connectivity index (χ2n) is 2.08. The largest absolute Gasteiger partial charge is 0.261 e. The Kier molecular flexibility index (Phi) is 1.37. The molecule has 0 radical (unpaired) electrons. The van der Waals surface area contributed by atoms with Crippen LogP contribution in [-0.2, 0) is 0 Å². The van der Waals surface area contributed by atoms with Crippen LogP contribution in [0.25, 0.3) is 6.08 Å². The molecule has 0 atom stereocenters. The molecule has 1 aromatic rings. The molecule has 2 heterocycles. The Morgan fingerprint density at radius 3 is 3.36 bits per heavy atom. The Morgan fingerprint density at radius 2 is 2.36 bits per heavy atom. The first kappa shape index (κ1) is 6.03. The molecule has 1 N–H and O–H groups in total. The van der Waals surface area contributed by atoms with Crippen LogP contribution in [0.15, 0.2) is 23.7 Å². The Balaban J connectivity index is 2.52. The predicted molar refractivity (Wildman–Crippen MR) is 43.2 cm³/mol. The van der Waals surface area contributed by atoms with Crippen molar-refractivity contribution in [3.05, 3.63) is 24.2 Å². The van der Waals surface area contributed by atoms with Crippen molar-refractivity contribution in [3.8, 4) is 0 Å². The van der Waals surface area contributed by atoms with E-state index in [1.54, 1.807) is 12.4 Å². The van der Waals surface area contributed by atoms with Gasteiger partial charge in [-0.25, -0.2) is 9.97 Å². The van der Waals surface area contributed by atoms with Crippen molar-refractivity contribution in [3.63, 3.8) is 0 Å². The first-order valence-electron chi connectivity index (χ1n) is 3.22. The molecule has 4 heteroatoms. The van der Waals surface area contributed by atoms with Gasteiger partial charge in [0.25, 0.3) is 0 Å². The summed E-state index contributed by atoms with van der Waals surface area (Å²) in [7, 11) is 0. The highest BCUT2D eigenvalue weighted by Gasteiger charge is 1.99. The number of allylic oxidation sites excluding steroid dienone is 1.